The zero-order valence-electron chi connectivity index (χ0n) is 35.9. The number of rotatable bonds is 40. The van der Waals surface area contributed by atoms with Crippen molar-refractivity contribution in [2.24, 2.45) is 0 Å². The number of nitrogens with zero attached hydrogens (tertiary/aromatic N) is 2. The van der Waals surface area contributed by atoms with E-state index in [4.69, 9.17) is 0 Å². The summed E-state index contributed by atoms with van der Waals surface area (Å²) in [7, 11) is 0. The standard InChI is InChI=1S/C45H92N4O2/c1-7-13-15-17-19-21-23-25-27-29-31-36-44(50)46-38-33-40-48(9-3,10-4)42-35-43-49(11-5,12-6)41-34-39-47-45(51)37-32-30-28-26-24-22-20-18-16-14-8-2/h7-43H2,1-6H3/p+2. The summed E-state index contributed by atoms with van der Waals surface area (Å²) in [6.45, 7) is 24.9. The fourth-order valence-corrected chi connectivity index (χ4v) is 8.04. The van der Waals surface area contributed by atoms with Gasteiger partial charge in [-0.15, -0.1) is 0 Å². The van der Waals surface area contributed by atoms with Crippen LogP contribution in [0.15, 0.2) is 0 Å². The van der Waals surface area contributed by atoms with Crippen LogP contribution in [0.1, 0.15) is 215 Å². The molecule has 0 aromatic carbocycles. The van der Waals surface area contributed by atoms with Crippen molar-refractivity contribution in [2.45, 2.75) is 215 Å². The summed E-state index contributed by atoms with van der Waals surface area (Å²) in [5, 5.41) is 6.44. The predicted octanol–water partition coefficient (Wildman–Crippen LogP) is 11.5. The Kier molecular flexibility index (Phi) is 35.1. The summed E-state index contributed by atoms with van der Waals surface area (Å²) < 4.78 is 2.30. The van der Waals surface area contributed by atoms with E-state index in [1.807, 2.05) is 0 Å². The molecule has 304 valence electrons. The zero-order chi connectivity index (χ0) is 37.7. The molecule has 0 saturated heterocycles. The molecule has 0 bridgehead atoms. The molecule has 0 spiro atoms. The second-order valence-corrected chi connectivity index (χ2v) is 16.2. The highest BCUT2D eigenvalue weighted by Crippen LogP contribution is 2.16. The van der Waals surface area contributed by atoms with Crippen molar-refractivity contribution in [3.8, 4) is 0 Å². The second kappa shape index (κ2) is 35.9. The van der Waals surface area contributed by atoms with Gasteiger partial charge >= 0.3 is 0 Å². The Hall–Kier alpha value is -1.14. The highest BCUT2D eigenvalue weighted by Gasteiger charge is 2.27. The Morgan fingerprint density at radius 2 is 0.588 bits per heavy atom. The highest BCUT2D eigenvalue weighted by molar-refractivity contribution is 5.76. The molecule has 0 aliphatic rings. The summed E-state index contributed by atoms with van der Waals surface area (Å²) in [6, 6.07) is 0. The van der Waals surface area contributed by atoms with E-state index in [1.165, 1.54) is 148 Å². The molecule has 0 aliphatic heterocycles. The molecule has 51 heavy (non-hydrogen) atoms. The van der Waals surface area contributed by atoms with Crippen molar-refractivity contribution in [2.75, 3.05) is 65.4 Å². The van der Waals surface area contributed by atoms with E-state index in [-0.39, 0.29) is 11.8 Å². The van der Waals surface area contributed by atoms with Crippen LogP contribution in [0, 0.1) is 0 Å². The van der Waals surface area contributed by atoms with Crippen LogP contribution in [-0.4, -0.2) is 86.2 Å². The molecule has 0 rings (SSSR count). The molecule has 0 aromatic rings. The Balaban J connectivity index is 4.14. The quantitative estimate of drug-likeness (QED) is 0.0489. The summed E-state index contributed by atoms with van der Waals surface area (Å²) in [5.41, 5.74) is 0. The van der Waals surface area contributed by atoms with Crippen molar-refractivity contribution >= 4 is 11.8 Å². The first kappa shape index (κ1) is 49.9. The van der Waals surface area contributed by atoms with Crippen LogP contribution in [0.5, 0.6) is 0 Å². The van der Waals surface area contributed by atoms with Gasteiger partial charge in [0.15, 0.2) is 0 Å². The lowest BCUT2D eigenvalue weighted by Gasteiger charge is -2.40. The molecule has 6 heteroatoms. The van der Waals surface area contributed by atoms with Gasteiger partial charge in [0, 0.05) is 45.2 Å². The van der Waals surface area contributed by atoms with Gasteiger partial charge < -0.3 is 19.6 Å². The van der Waals surface area contributed by atoms with Gasteiger partial charge in [0.2, 0.25) is 11.8 Å². The van der Waals surface area contributed by atoms with E-state index in [2.05, 4.69) is 52.2 Å². The number of amides is 2. The average Bonchev–Trinajstić information content (AvgIpc) is 3.14. The maximum absolute atomic E-state index is 12.4. The van der Waals surface area contributed by atoms with Gasteiger partial charge in [0.25, 0.3) is 0 Å². The van der Waals surface area contributed by atoms with Crippen LogP contribution in [0.25, 0.3) is 0 Å². The van der Waals surface area contributed by atoms with E-state index in [0.717, 1.165) is 87.0 Å². The van der Waals surface area contributed by atoms with Crippen molar-refractivity contribution < 1.29 is 18.6 Å². The van der Waals surface area contributed by atoms with Crippen molar-refractivity contribution in [3.63, 3.8) is 0 Å². The second-order valence-electron chi connectivity index (χ2n) is 16.2. The maximum atomic E-state index is 12.4. The van der Waals surface area contributed by atoms with Gasteiger partial charge in [-0.05, 0) is 40.5 Å². The molecule has 6 nitrogen and oxygen atoms in total. The van der Waals surface area contributed by atoms with Crippen molar-refractivity contribution in [3.05, 3.63) is 0 Å². The number of carbonyl (C=O) groups excluding carboxylic acids is 2. The fraction of sp³-hybridized carbons (Fsp3) is 0.956. The number of unbranched alkanes of at least 4 members (excludes halogenated alkanes) is 20. The number of nitrogens with one attached hydrogen (secondary N) is 2. The van der Waals surface area contributed by atoms with Crippen LogP contribution in [0.4, 0.5) is 0 Å². The number of hydrogen-bond acceptors (Lipinski definition) is 2. The minimum absolute atomic E-state index is 0.246. The van der Waals surface area contributed by atoms with Gasteiger partial charge in [0.05, 0.1) is 52.4 Å². The third-order valence-electron chi connectivity index (χ3n) is 12.2. The zero-order valence-corrected chi connectivity index (χ0v) is 35.9. The predicted molar refractivity (Wildman–Crippen MR) is 224 cm³/mol. The molecule has 2 amide bonds. The molecule has 2 N–H and O–H groups in total. The first-order valence-corrected chi connectivity index (χ1v) is 23.1. The fourth-order valence-electron chi connectivity index (χ4n) is 8.04. The molecule has 0 aromatic heterocycles. The topological polar surface area (TPSA) is 58.2 Å². The van der Waals surface area contributed by atoms with Crippen LogP contribution in [0.3, 0.4) is 0 Å². The van der Waals surface area contributed by atoms with E-state index in [1.54, 1.807) is 0 Å². The minimum atomic E-state index is 0.246. The summed E-state index contributed by atoms with van der Waals surface area (Å²) in [6.07, 6.45) is 33.8. The Morgan fingerprint density at radius 3 is 0.863 bits per heavy atom. The van der Waals surface area contributed by atoms with Gasteiger partial charge in [-0.1, -0.05) is 142 Å². The van der Waals surface area contributed by atoms with Crippen molar-refractivity contribution in [1.29, 1.82) is 0 Å². The molecule has 0 atom stereocenters. The molecule has 0 saturated carbocycles. The number of quaternary nitrogens is 2. The Labute approximate surface area is 320 Å². The molecule has 0 radical (unpaired) electrons. The molecule has 0 aliphatic carbocycles. The average molecular weight is 723 g/mol. The maximum Gasteiger partial charge on any atom is 0.219 e. The number of carbonyl (C=O) groups is 2. The number of hydrogen-bond donors (Lipinski definition) is 2. The third kappa shape index (κ3) is 29.0. The smallest absolute Gasteiger partial charge is 0.219 e. The first-order valence-electron chi connectivity index (χ1n) is 23.1. The summed E-state index contributed by atoms with van der Waals surface area (Å²) in [4.78, 5) is 24.9. The SMILES string of the molecule is CCCCCCCCCCCCCC(=O)NCCC[N+](CC)(CC)CCC[N+](CC)(CC)CCCNC(=O)CCCCCCCCCCCCC. The first-order chi connectivity index (χ1) is 24.9. The van der Waals surface area contributed by atoms with Gasteiger partial charge in [0.1, 0.15) is 0 Å². The Morgan fingerprint density at radius 1 is 0.333 bits per heavy atom. The third-order valence-corrected chi connectivity index (χ3v) is 12.2. The van der Waals surface area contributed by atoms with Crippen LogP contribution in [0.2, 0.25) is 0 Å². The van der Waals surface area contributed by atoms with E-state index in [9.17, 15) is 9.59 Å². The Bertz CT molecular complexity index is 703. The molecule has 0 unspecified atom stereocenters. The van der Waals surface area contributed by atoms with Crippen LogP contribution >= 0.6 is 0 Å². The summed E-state index contributed by atoms with van der Waals surface area (Å²) in [5.74, 6) is 0.491. The lowest BCUT2D eigenvalue weighted by atomic mass is 10.1. The van der Waals surface area contributed by atoms with E-state index in [0.29, 0.717) is 12.8 Å². The van der Waals surface area contributed by atoms with Crippen molar-refractivity contribution in [1.82, 2.24) is 10.6 Å². The molecular weight excluding hydrogens is 629 g/mol. The molecule has 0 fully saturated rings. The van der Waals surface area contributed by atoms with Gasteiger partial charge in [-0.3, -0.25) is 9.59 Å². The van der Waals surface area contributed by atoms with Crippen LogP contribution in [-0.2, 0) is 9.59 Å². The largest absolute Gasteiger partial charge is 0.356 e. The molecular formula is C45H94N4O2+2. The van der Waals surface area contributed by atoms with E-state index < -0.39 is 0 Å². The lowest BCUT2D eigenvalue weighted by Crippen LogP contribution is -2.53. The molecule has 0 heterocycles. The normalized spacial score (nSPS) is 12.0. The lowest BCUT2D eigenvalue weighted by molar-refractivity contribution is -0.943. The highest BCUT2D eigenvalue weighted by atomic mass is 16.2. The minimum Gasteiger partial charge on any atom is -0.356 e. The summed E-state index contributed by atoms with van der Waals surface area (Å²) >= 11 is 0. The van der Waals surface area contributed by atoms with E-state index >= 15 is 0 Å². The van der Waals surface area contributed by atoms with Gasteiger partial charge in [-0.2, -0.15) is 0 Å². The van der Waals surface area contributed by atoms with Gasteiger partial charge in [-0.25, -0.2) is 0 Å². The van der Waals surface area contributed by atoms with Crippen LogP contribution < -0.4 is 10.6 Å². The monoisotopic (exact) mass is 723 g/mol.